The van der Waals surface area contributed by atoms with Crippen LogP contribution in [0, 0.1) is 5.82 Å². The molecule has 2 heterocycles. The zero-order chi connectivity index (χ0) is 20.9. The van der Waals surface area contributed by atoms with Crippen molar-refractivity contribution in [2.75, 3.05) is 58.4 Å². The van der Waals surface area contributed by atoms with Gasteiger partial charge in [-0.15, -0.1) is 0 Å². The molecule has 4 rings (SSSR count). The Morgan fingerprint density at radius 3 is 2.53 bits per heavy atom. The van der Waals surface area contributed by atoms with Crippen LogP contribution in [0.15, 0.2) is 42.5 Å². The van der Waals surface area contributed by atoms with Crippen LogP contribution in [0.3, 0.4) is 0 Å². The predicted octanol–water partition coefficient (Wildman–Crippen LogP) is 3.63. The second kappa shape index (κ2) is 9.67. The molecule has 0 N–H and O–H groups in total. The van der Waals surface area contributed by atoms with E-state index in [-0.39, 0.29) is 5.82 Å². The summed E-state index contributed by atoms with van der Waals surface area (Å²) in [5.41, 5.74) is 1.90. The van der Waals surface area contributed by atoms with Gasteiger partial charge in [0.2, 0.25) is 0 Å². The van der Waals surface area contributed by atoms with Crippen LogP contribution in [-0.4, -0.2) is 69.3 Å². The molecule has 5 nitrogen and oxygen atoms in total. The molecule has 2 aromatic rings. The lowest BCUT2D eigenvalue weighted by atomic mass is 10.0. The Labute approximate surface area is 179 Å². The van der Waals surface area contributed by atoms with Gasteiger partial charge in [0.1, 0.15) is 17.3 Å². The van der Waals surface area contributed by atoms with Gasteiger partial charge in [-0.2, -0.15) is 0 Å². The van der Waals surface area contributed by atoms with E-state index in [0.717, 1.165) is 57.0 Å². The van der Waals surface area contributed by atoms with Crippen LogP contribution in [0.4, 0.5) is 10.1 Å². The van der Waals surface area contributed by atoms with Crippen molar-refractivity contribution < 1.29 is 13.9 Å². The van der Waals surface area contributed by atoms with Crippen molar-refractivity contribution in [3.63, 3.8) is 0 Å². The molecule has 0 amide bonds. The number of rotatable bonds is 6. The number of piperazine rings is 1. The number of methoxy groups -OCH3 is 2. The van der Waals surface area contributed by atoms with Crippen LogP contribution in [0.5, 0.6) is 11.5 Å². The number of halogens is 1. The normalized spacial score (nSPS) is 20.9. The van der Waals surface area contributed by atoms with Gasteiger partial charge < -0.3 is 14.4 Å². The Balaban J connectivity index is 1.34. The predicted molar refractivity (Wildman–Crippen MR) is 118 cm³/mol. The molecular weight excluding hydrogens is 381 g/mol. The molecule has 2 aromatic carbocycles. The van der Waals surface area contributed by atoms with E-state index in [1.165, 1.54) is 18.2 Å². The van der Waals surface area contributed by atoms with E-state index in [1.807, 2.05) is 18.2 Å². The summed E-state index contributed by atoms with van der Waals surface area (Å²) in [5.74, 6) is 1.51. The highest BCUT2D eigenvalue weighted by atomic mass is 19.1. The number of likely N-dealkylation sites (tertiary alicyclic amines) is 1. The van der Waals surface area contributed by atoms with Crippen molar-refractivity contribution in [3.8, 4) is 11.5 Å². The average molecular weight is 414 g/mol. The summed E-state index contributed by atoms with van der Waals surface area (Å²) in [6.45, 7) is 6.75. The molecule has 0 aromatic heterocycles. The van der Waals surface area contributed by atoms with E-state index in [2.05, 4.69) is 26.8 Å². The number of nitrogens with zero attached hydrogens (tertiary/aromatic N) is 3. The quantitative estimate of drug-likeness (QED) is 0.721. The standard InChI is InChI=1S/C24H32FN3O2/c1-29-21-9-10-22(25)19(16-21)17-26-11-5-6-20(18-26)27-12-14-28(15-13-27)23-7-3-4-8-24(23)30-2/h3-4,7-10,16,20H,5-6,11-15,17-18H2,1-2H3/t20-/m1/s1. The van der Waals surface area contributed by atoms with Gasteiger partial charge in [-0.1, -0.05) is 12.1 Å². The van der Waals surface area contributed by atoms with Gasteiger partial charge in [-0.3, -0.25) is 9.80 Å². The number of para-hydroxylation sites is 2. The first-order valence-corrected chi connectivity index (χ1v) is 10.8. The Hall–Kier alpha value is -2.31. The Kier molecular flexibility index (Phi) is 6.75. The molecule has 0 radical (unpaired) electrons. The number of ether oxygens (including phenoxy) is 2. The molecule has 0 spiro atoms. The van der Waals surface area contributed by atoms with E-state index in [0.29, 0.717) is 18.3 Å². The molecule has 0 aliphatic carbocycles. The monoisotopic (exact) mass is 413 g/mol. The fourth-order valence-corrected chi connectivity index (χ4v) is 4.73. The molecule has 30 heavy (non-hydrogen) atoms. The van der Waals surface area contributed by atoms with Gasteiger partial charge in [0.05, 0.1) is 19.9 Å². The fraction of sp³-hybridized carbons (Fsp3) is 0.500. The number of hydrogen-bond donors (Lipinski definition) is 0. The highest BCUT2D eigenvalue weighted by Gasteiger charge is 2.29. The van der Waals surface area contributed by atoms with Gasteiger partial charge in [-0.05, 0) is 49.7 Å². The van der Waals surface area contributed by atoms with Crippen molar-refractivity contribution in [1.29, 1.82) is 0 Å². The molecule has 2 fully saturated rings. The van der Waals surface area contributed by atoms with E-state index >= 15 is 0 Å². The van der Waals surface area contributed by atoms with Gasteiger partial charge in [0.15, 0.2) is 0 Å². The SMILES string of the molecule is COc1ccc(F)c(CN2CCC[C@@H](N3CCN(c4ccccc4OC)CC3)C2)c1. The van der Waals surface area contributed by atoms with Crippen LogP contribution >= 0.6 is 0 Å². The van der Waals surface area contributed by atoms with E-state index in [1.54, 1.807) is 20.3 Å². The van der Waals surface area contributed by atoms with Crippen LogP contribution in [0.1, 0.15) is 18.4 Å². The van der Waals surface area contributed by atoms with E-state index in [4.69, 9.17) is 9.47 Å². The maximum Gasteiger partial charge on any atom is 0.142 e. The zero-order valence-corrected chi connectivity index (χ0v) is 18.0. The largest absolute Gasteiger partial charge is 0.497 e. The van der Waals surface area contributed by atoms with Crippen molar-refractivity contribution in [1.82, 2.24) is 9.80 Å². The molecule has 0 unspecified atom stereocenters. The highest BCUT2D eigenvalue weighted by molar-refractivity contribution is 5.58. The minimum atomic E-state index is -0.150. The van der Waals surface area contributed by atoms with Gasteiger partial charge >= 0.3 is 0 Å². The van der Waals surface area contributed by atoms with Gasteiger partial charge in [0, 0.05) is 50.9 Å². The second-order valence-electron chi connectivity index (χ2n) is 8.18. The third kappa shape index (κ3) is 4.71. The highest BCUT2D eigenvalue weighted by Crippen LogP contribution is 2.29. The number of hydrogen-bond acceptors (Lipinski definition) is 5. The lowest BCUT2D eigenvalue weighted by Crippen LogP contribution is -2.55. The first-order valence-electron chi connectivity index (χ1n) is 10.8. The fourth-order valence-electron chi connectivity index (χ4n) is 4.73. The van der Waals surface area contributed by atoms with Crippen LogP contribution < -0.4 is 14.4 Å². The molecule has 162 valence electrons. The average Bonchev–Trinajstić information content (AvgIpc) is 2.81. The van der Waals surface area contributed by atoms with Crippen LogP contribution in [0.2, 0.25) is 0 Å². The third-order valence-electron chi connectivity index (χ3n) is 6.38. The summed E-state index contributed by atoms with van der Waals surface area (Å²) in [6, 6.07) is 13.8. The first-order chi connectivity index (χ1) is 14.7. The molecule has 2 saturated heterocycles. The van der Waals surface area contributed by atoms with Crippen molar-refractivity contribution in [2.24, 2.45) is 0 Å². The summed E-state index contributed by atoms with van der Waals surface area (Å²) in [7, 11) is 3.36. The van der Waals surface area contributed by atoms with Crippen LogP contribution in [-0.2, 0) is 6.54 Å². The summed E-state index contributed by atoms with van der Waals surface area (Å²) >= 11 is 0. The summed E-state index contributed by atoms with van der Waals surface area (Å²) in [4.78, 5) is 7.42. The smallest absolute Gasteiger partial charge is 0.142 e. The summed E-state index contributed by atoms with van der Waals surface area (Å²) in [6.07, 6.45) is 2.37. The number of anilines is 1. The van der Waals surface area contributed by atoms with Crippen LogP contribution in [0.25, 0.3) is 0 Å². The van der Waals surface area contributed by atoms with E-state index < -0.39 is 0 Å². The Morgan fingerprint density at radius 1 is 0.967 bits per heavy atom. The molecule has 0 saturated carbocycles. The zero-order valence-electron chi connectivity index (χ0n) is 18.0. The number of piperidine rings is 1. The van der Waals surface area contributed by atoms with Crippen molar-refractivity contribution in [2.45, 2.75) is 25.4 Å². The minimum Gasteiger partial charge on any atom is -0.497 e. The van der Waals surface area contributed by atoms with Gasteiger partial charge in [-0.25, -0.2) is 4.39 Å². The molecule has 6 heteroatoms. The van der Waals surface area contributed by atoms with Crippen molar-refractivity contribution in [3.05, 3.63) is 53.8 Å². The third-order valence-corrected chi connectivity index (χ3v) is 6.38. The maximum absolute atomic E-state index is 14.3. The lowest BCUT2D eigenvalue weighted by molar-refractivity contribution is 0.0880. The molecule has 2 aliphatic rings. The molecule has 1 atom stereocenters. The summed E-state index contributed by atoms with van der Waals surface area (Å²) in [5, 5.41) is 0. The maximum atomic E-state index is 14.3. The van der Waals surface area contributed by atoms with Gasteiger partial charge in [0.25, 0.3) is 0 Å². The summed E-state index contributed by atoms with van der Waals surface area (Å²) < 4.78 is 25.1. The van der Waals surface area contributed by atoms with Crippen molar-refractivity contribution >= 4 is 5.69 Å². The topological polar surface area (TPSA) is 28.2 Å². The lowest BCUT2D eigenvalue weighted by Gasteiger charge is -2.44. The molecule has 0 bridgehead atoms. The second-order valence-corrected chi connectivity index (χ2v) is 8.18. The van der Waals surface area contributed by atoms with E-state index in [9.17, 15) is 4.39 Å². The Bertz CT molecular complexity index is 839. The number of benzene rings is 2. The molecular formula is C24H32FN3O2. The Morgan fingerprint density at radius 2 is 1.77 bits per heavy atom. The molecule has 2 aliphatic heterocycles. The minimum absolute atomic E-state index is 0.150. The first kappa shape index (κ1) is 20.9.